The Balaban J connectivity index is 1.92. The van der Waals surface area contributed by atoms with E-state index in [1.165, 1.54) is 16.8 Å². The molecule has 4 rings (SSSR count). The van der Waals surface area contributed by atoms with Crippen LogP contribution in [0.1, 0.15) is 73.5 Å². The molecule has 0 saturated carbocycles. The van der Waals surface area contributed by atoms with Crippen molar-refractivity contribution in [2.75, 3.05) is 0 Å². The van der Waals surface area contributed by atoms with E-state index < -0.39 is 17.0 Å². The summed E-state index contributed by atoms with van der Waals surface area (Å²) < 4.78 is 6.79. The van der Waals surface area contributed by atoms with Gasteiger partial charge in [0.15, 0.2) is 6.29 Å². The van der Waals surface area contributed by atoms with Gasteiger partial charge in [-0.1, -0.05) is 67.7 Å². The lowest BCUT2D eigenvalue weighted by molar-refractivity contribution is -0.148. The van der Waals surface area contributed by atoms with Crippen molar-refractivity contribution in [2.24, 2.45) is 0 Å². The summed E-state index contributed by atoms with van der Waals surface area (Å²) in [6.45, 7) is 11.3. The van der Waals surface area contributed by atoms with Gasteiger partial charge >= 0.3 is 5.97 Å². The summed E-state index contributed by atoms with van der Waals surface area (Å²) in [4.78, 5) is 42.1. The van der Waals surface area contributed by atoms with Crippen molar-refractivity contribution >= 4 is 69.9 Å². The second-order valence-electron chi connectivity index (χ2n) is 11.4. The standard InChI is InChI=1S/C31H29Cl3N2O4/c1-30(2,3)28-27(20(14-35-28)26-21(33)12-19(32)13-22(26)34)29(39)36-15-18(16-37)25-17(8-7-9-23(25)36)10-11-24(38)40-31(4,5)6/h7-16,35H,1-6H3/b11-10+. The highest BCUT2D eigenvalue weighted by Gasteiger charge is 2.31. The number of hydrogen-bond acceptors (Lipinski definition) is 4. The molecule has 6 nitrogen and oxygen atoms in total. The average molecular weight is 600 g/mol. The van der Waals surface area contributed by atoms with Crippen LogP contribution in [0, 0.1) is 0 Å². The van der Waals surface area contributed by atoms with E-state index in [1.54, 1.807) is 63.4 Å². The molecular weight excluding hydrogens is 571 g/mol. The molecule has 0 saturated heterocycles. The van der Waals surface area contributed by atoms with Crippen molar-refractivity contribution in [1.29, 1.82) is 0 Å². The van der Waals surface area contributed by atoms with Crippen LogP contribution in [0.3, 0.4) is 0 Å². The van der Waals surface area contributed by atoms with Crippen molar-refractivity contribution in [1.82, 2.24) is 9.55 Å². The first-order valence-electron chi connectivity index (χ1n) is 12.5. The molecule has 0 aliphatic carbocycles. The second-order valence-corrected chi connectivity index (χ2v) is 12.7. The number of esters is 1. The highest BCUT2D eigenvalue weighted by molar-refractivity contribution is 6.42. The normalized spacial score (nSPS) is 12.3. The van der Waals surface area contributed by atoms with Crippen LogP contribution in [0.4, 0.5) is 0 Å². The first-order chi connectivity index (χ1) is 18.6. The largest absolute Gasteiger partial charge is 0.457 e. The highest BCUT2D eigenvalue weighted by Crippen LogP contribution is 2.42. The molecule has 40 heavy (non-hydrogen) atoms. The van der Waals surface area contributed by atoms with Gasteiger partial charge in [-0.25, -0.2) is 4.79 Å². The van der Waals surface area contributed by atoms with Gasteiger partial charge in [-0.3, -0.25) is 14.2 Å². The minimum atomic E-state index is -0.647. The van der Waals surface area contributed by atoms with Crippen LogP contribution in [0.2, 0.25) is 15.1 Å². The summed E-state index contributed by atoms with van der Waals surface area (Å²) in [5, 5.41) is 1.50. The van der Waals surface area contributed by atoms with Gasteiger partial charge in [-0.2, -0.15) is 0 Å². The Hall–Kier alpha value is -3.32. The Morgan fingerprint density at radius 3 is 2.20 bits per heavy atom. The van der Waals surface area contributed by atoms with Crippen LogP contribution >= 0.6 is 34.8 Å². The Morgan fingerprint density at radius 2 is 1.62 bits per heavy atom. The maximum absolute atomic E-state index is 14.4. The van der Waals surface area contributed by atoms with Crippen LogP contribution in [0.15, 0.2) is 48.8 Å². The van der Waals surface area contributed by atoms with Crippen molar-refractivity contribution in [3.05, 3.63) is 86.3 Å². The third-order valence-electron chi connectivity index (χ3n) is 6.16. The first kappa shape index (κ1) is 29.7. The number of aromatic amines is 1. The van der Waals surface area contributed by atoms with Gasteiger partial charge in [-0.05, 0) is 50.6 Å². The summed E-state index contributed by atoms with van der Waals surface area (Å²) in [7, 11) is 0. The number of halogens is 3. The molecule has 2 aromatic carbocycles. The van der Waals surface area contributed by atoms with E-state index in [0.717, 1.165) is 0 Å². The number of H-pyrrole nitrogens is 1. The predicted molar refractivity (Wildman–Crippen MR) is 162 cm³/mol. The molecule has 0 radical (unpaired) electrons. The fourth-order valence-electron chi connectivity index (χ4n) is 4.59. The van der Waals surface area contributed by atoms with Crippen molar-refractivity contribution < 1.29 is 19.1 Å². The maximum Gasteiger partial charge on any atom is 0.331 e. The molecule has 2 aromatic heterocycles. The molecule has 1 N–H and O–H groups in total. The number of nitrogens with one attached hydrogen (secondary N) is 1. The predicted octanol–water partition coefficient (Wildman–Crippen LogP) is 8.75. The van der Waals surface area contributed by atoms with Crippen LogP contribution in [0.25, 0.3) is 28.1 Å². The summed E-state index contributed by atoms with van der Waals surface area (Å²) in [5.41, 5.74) is 2.30. The van der Waals surface area contributed by atoms with E-state index in [0.29, 0.717) is 65.8 Å². The van der Waals surface area contributed by atoms with Gasteiger partial charge in [0.2, 0.25) is 0 Å². The second kappa shape index (κ2) is 10.9. The molecule has 2 heterocycles. The number of carbonyl (C=O) groups is 3. The number of benzene rings is 2. The molecule has 0 amide bonds. The minimum Gasteiger partial charge on any atom is -0.457 e. The van der Waals surface area contributed by atoms with E-state index in [1.807, 2.05) is 20.8 Å². The molecule has 0 unspecified atom stereocenters. The molecule has 4 aromatic rings. The molecular formula is C31H29Cl3N2O4. The molecule has 0 aliphatic heterocycles. The summed E-state index contributed by atoms with van der Waals surface area (Å²) in [5.74, 6) is -0.897. The smallest absolute Gasteiger partial charge is 0.331 e. The maximum atomic E-state index is 14.4. The Labute approximate surface area is 247 Å². The summed E-state index contributed by atoms with van der Waals surface area (Å²) >= 11 is 19.3. The van der Waals surface area contributed by atoms with Gasteiger partial charge in [0.1, 0.15) is 5.60 Å². The van der Waals surface area contributed by atoms with Crippen LogP contribution < -0.4 is 0 Å². The molecule has 0 spiro atoms. The van der Waals surface area contributed by atoms with Crippen LogP contribution in [-0.2, 0) is 14.9 Å². The van der Waals surface area contributed by atoms with Crippen molar-refractivity contribution in [3.8, 4) is 11.1 Å². The number of carbonyl (C=O) groups excluding carboxylic acids is 3. The Morgan fingerprint density at radius 1 is 0.975 bits per heavy atom. The van der Waals surface area contributed by atoms with Crippen molar-refractivity contribution in [3.63, 3.8) is 0 Å². The van der Waals surface area contributed by atoms with Gasteiger partial charge in [-0.15, -0.1) is 0 Å². The third-order valence-corrected chi connectivity index (χ3v) is 6.98. The summed E-state index contributed by atoms with van der Waals surface area (Å²) in [6.07, 6.45) is 6.77. The zero-order valence-corrected chi connectivity index (χ0v) is 25.3. The lowest BCUT2D eigenvalue weighted by Gasteiger charge is -2.20. The summed E-state index contributed by atoms with van der Waals surface area (Å²) in [6, 6.07) is 8.41. The fourth-order valence-corrected chi connectivity index (χ4v) is 5.61. The average Bonchev–Trinajstić information content (AvgIpc) is 3.43. The molecule has 0 atom stereocenters. The monoisotopic (exact) mass is 598 g/mol. The lowest BCUT2D eigenvalue weighted by atomic mass is 9.87. The number of rotatable bonds is 5. The van der Waals surface area contributed by atoms with Gasteiger partial charge in [0.05, 0.1) is 21.1 Å². The van der Waals surface area contributed by atoms with E-state index in [2.05, 4.69) is 4.98 Å². The van der Waals surface area contributed by atoms with E-state index in [-0.39, 0.29) is 5.91 Å². The van der Waals surface area contributed by atoms with E-state index in [4.69, 9.17) is 39.5 Å². The van der Waals surface area contributed by atoms with Crippen LogP contribution in [0.5, 0.6) is 0 Å². The van der Waals surface area contributed by atoms with Gasteiger partial charge in [0, 0.05) is 56.7 Å². The van der Waals surface area contributed by atoms with Gasteiger partial charge < -0.3 is 9.72 Å². The molecule has 0 bridgehead atoms. The number of nitrogens with zero attached hydrogens (tertiary/aromatic N) is 1. The Bertz CT molecular complexity index is 1660. The zero-order valence-electron chi connectivity index (χ0n) is 23.0. The highest BCUT2D eigenvalue weighted by atomic mass is 35.5. The fraction of sp³-hybridized carbons (Fsp3) is 0.258. The number of hydrogen-bond donors (Lipinski definition) is 1. The number of fused-ring (bicyclic) bond motifs is 1. The quantitative estimate of drug-likeness (QED) is 0.141. The third kappa shape index (κ3) is 5.90. The molecule has 9 heteroatoms. The Kier molecular flexibility index (Phi) is 8.10. The molecule has 0 fully saturated rings. The van der Waals surface area contributed by atoms with Gasteiger partial charge in [0.25, 0.3) is 5.91 Å². The number of ether oxygens (including phenoxy) is 1. The van der Waals surface area contributed by atoms with Crippen molar-refractivity contribution in [2.45, 2.75) is 52.6 Å². The van der Waals surface area contributed by atoms with E-state index >= 15 is 0 Å². The molecule has 0 aliphatic rings. The molecule has 208 valence electrons. The number of aromatic nitrogens is 2. The zero-order chi connectivity index (χ0) is 29.6. The number of aldehydes is 1. The van der Waals surface area contributed by atoms with Crippen LogP contribution in [-0.4, -0.2) is 33.3 Å². The van der Waals surface area contributed by atoms with E-state index in [9.17, 15) is 14.4 Å². The lowest BCUT2D eigenvalue weighted by Crippen LogP contribution is -2.22. The topological polar surface area (TPSA) is 81.2 Å². The first-order valence-corrected chi connectivity index (χ1v) is 13.7. The SMILES string of the molecule is CC(C)(C)OC(=O)/C=C/c1cccc2c1c(C=O)cn2C(=O)c1c(-c2c(Cl)cc(Cl)cc2Cl)c[nH]c1C(C)(C)C. The minimum absolute atomic E-state index is 0.296.